The molecule has 1 aliphatic heterocycles. The lowest BCUT2D eigenvalue weighted by atomic mass is 10.2. The van der Waals surface area contributed by atoms with E-state index in [4.69, 9.17) is 9.26 Å². The van der Waals surface area contributed by atoms with Gasteiger partial charge in [-0.05, 0) is 18.4 Å². The molecular weight excluding hydrogens is 306 g/mol. The van der Waals surface area contributed by atoms with Crippen molar-refractivity contribution in [2.75, 3.05) is 18.5 Å². The molecule has 0 saturated carbocycles. The standard InChI is InChI=1S/C14H15N3O4S/c1-9-5-12(16-21-9)15-14(19)11-7-20-8-13(18)17(11)6-10-3-2-4-22-10/h2-5,11H,6-8H2,1H3,(H,15,16,19)/t11-/m1/s1. The number of ether oxygens (including phenoxy) is 1. The molecule has 3 heterocycles. The molecule has 0 bridgehead atoms. The second-order valence-electron chi connectivity index (χ2n) is 4.94. The highest BCUT2D eigenvalue weighted by Gasteiger charge is 2.34. The number of hydrogen-bond acceptors (Lipinski definition) is 6. The number of anilines is 1. The predicted octanol–water partition coefficient (Wildman–Crippen LogP) is 1.41. The van der Waals surface area contributed by atoms with E-state index in [2.05, 4.69) is 10.5 Å². The summed E-state index contributed by atoms with van der Waals surface area (Å²) in [6.07, 6.45) is 0. The van der Waals surface area contributed by atoms with Crippen LogP contribution in [-0.4, -0.2) is 41.1 Å². The summed E-state index contributed by atoms with van der Waals surface area (Å²) in [5, 5.41) is 8.31. The third-order valence-electron chi connectivity index (χ3n) is 3.29. The van der Waals surface area contributed by atoms with E-state index in [0.29, 0.717) is 18.1 Å². The Morgan fingerprint density at radius 1 is 1.59 bits per heavy atom. The summed E-state index contributed by atoms with van der Waals surface area (Å²) in [7, 11) is 0. The van der Waals surface area contributed by atoms with Crippen LogP contribution in [0.3, 0.4) is 0 Å². The normalized spacial score (nSPS) is 18.5. The molecule has 3 rings (SSSR count). The minimum Gasteiger partial charge on any atom is -0.369 e. The molecule has 22 heavy (non-hydrogen) atoms. The summed E-state index contributed by atoms with van der Waals surface area (Å²) in [6.45, 7) is 2.30. The number of amides is 2. The van der Waals surface area contributed by atoms with Gasteiger partial charge in [0.25, 0.3) is 5.91 Å². The summed E-state index contributed by atoms with van der Waals surface area (Å²) < 4.78 is 10.1. The summed E-state index contributed by atoms with van der Waals surface area (Å²) in [5.74, 6) is 0.396. The van der Waals surface area contributed by atoms with E-state index in [1.165, 1.54) is 4.90 Å². The molecule has 0 spiro atoms. The van der Waals surface area contributed by atoms with E-state index in [1.54, 1.807) is 24.3 Å². The Morgan fingerprint density at radius 3 is 3.14 bits per heavy atom. The van der Waals surface area contributed by atoms with Crippen LogP contribution in [0.15, 0.2) is 28.1 Å². The highest BCUT2D eigenvalue weighted by molar-refractivity contribution is 7.09. The Kier molecular flexibility index (Phi) is 4.21. The van der Waals surface area contributed by atoms with E-state index in [1.807, 2.05) is 17.5 Å². The van der Waals surface area contributed by atoms with E-state index >= 15 is 0 Å². The maximum Gasteiger partial charge on any atom is 0.250 e. The van der Waals surface area contributed by atoms with Crippen molar-refractivity contribution in [1.29, 1.82) is 0 Å². The van der Waals surface area contributed by atoms with Crippen molar-refractivity contribution >= 4 is 29.0 Å². The summed E-state index contributed by atoms with van der Waals surface area (Å²) in [6, 6.07) is 4.79. The summed E-state index contributed by atoms with van der Waals surface area (Å²) >= 11 is 1.55. The van der Waals surface area contributed by atoms with Crippen molar-refractivity contribution in [3.8, 4) is 0 Å². The molecule has 1 saturated heterocycles. The molecule has 2 aromatic heterocycles. The second kappa shape index (κ2) is 6.29. The number of carbonyl (C=O) groups is 2. The highest BCUT2D eigenvalue weighted by Crippen LogP contribution is 2.18. The van der Waals surface area contributed by atoms with Gasteiger partial charge in [0.2, 0.25) is 5.91 Å². The zero-order chi connectivity index (χ0) is 15.5. The van der Waals surface area contributed by atoms with Gasteiger partial charge >= 0.3 is 0 Å². The largest absolute Gasteiger partial charge is 0.369 e. The number of aromatic nitrogens is 1. The van der Waals surface area contributed by atoms with Gasteiger partial charge in [0.1, 0.15) is 18.4 Å². The third kappa shape index (κ3) is 3.18. The van der Waals surface area contributed by atoms with Gasteiger partial charge in [0, 0.05) is 10.9 Å². The van der Waals surface area contributed by atoms with Crippen molar-refractivity contribution in [3.63, 3.8) is 0 Å². The first-order valence-corrected chi connectivity index (χ1v) is 7.65. The molecule has 7 nitrogen and oxygen atoms in total. The fraction of sp³-hybridized carbons (Fsp3) is 0.357. The summed E-state index contributed by atoms with van der Waals surface area (Å²) in [4.78, 5) is 27.0. The molecule has 116 valence electrons. The minimum atomic E-state index is -0.680. The number of hydrogen-bond donors (Lipinski definition) is 1. The fourth-order valence-electron chi connectivity index (χ4n) is 2.23. The van der Waals surface area contributed by atoms with E-state index in [0.717, 1.165) is 4.88 Å². The van der Waals surface area contributed by atoms with Crippen molar-refractivity contribution in [2.45, 2.75) is 19.5 Å². The number of aryl methyl sites for hydroxylation is 1. The maximum atomic E-state index is 12.4. The molecule has 2 aromatic rings. The number of rotatable bonds is 4. The number of nitrogens with one attached hydrogen (secondary N) is 1. The quantitative estimate of drug-likeness (QED) is 0.920. The lowest BCUT2D eigenvalue weighted by Crippen LogP contribution is -2.54. The number of morpholine rings is 1. The molecule has 0 aliphatic carbocycles. The first-order chi connectivity index (χ1) is 10.6. The molecule has 1 N–H and O–H groups in total. The molecule has 2 amide bonds. The Labute approximate surface area is 130 Å². The van der Waals surface area contributed by atoms with Gasteiger partial charge in [0.05, 0.1) is 13.2 Å². The molecule has 1 fully saturated rings. The zero-order valence-electron chi connectivity index (χ0n) is 11.9. The van der Waals surface area contributed by atoms with Crippen molar-refractivity contribution in [1.82, 2.24) is 10.1 Å². The number of nitrogens with zero attached hydrogens (tertiary/aromatic N) is 2. The maximum absolute atomic E-state index is 12.4. The van der Waals surface area contributed by atoms with Crippen molar-refractivity contribution in [3.05, 3.63) is 34.2 Å². The van der Waals surface area contributed by atoms with Crippen LogP contribution in [0.25, 0.3) is 0 Å². The number of carbonyl (C=O) groups excluding carboxylic acids is 2. The molecule has 8 heteroatoms. The lowest BCUT2D eigenvalue weighted by molar-refractivity contribution is -0.153. The topological polar surface area (TPSA) is 84.7 Å². The monoisotopic (exact) mass is 321 g/mol. The highest BCUT2D eigenvalue weighted by atomic mass is 32.1. The molecule has 1 aliphatic rings. The SMILES string of the molecule is Cc1cc(NC(=O)[C@H]2COCC(=O)N2Cc2cccs2)no1. The van der Waals surface area contributed by atoms with Gasteiger partial charge in [-0.2, -0.15) is 0 Å². The van der Waals surface area contributed by atoms with Crippen LogP contribution >= 0.6 is 11.3 Å². The zero-order valence-corrected chi connectivity index (χ0v) is 12.8. The van der Waals surface area contributed by atoms with Gasteiger partial charge < -0.3 is 19.5 Å². The van der Waals surface area contributed by atoms with E-state index in [9.17, 15) is 9.59 Å². The second-order valence-corrected chi connectivity index (χ2v) is 5.98. The van der Waals surface area contributed by atoms with E-state index < -0.39 is 6.04 Å². The van der Waals surface area contributed by atoms with Crippen LogP contribution in [0.1, 0.15) is 10.6 Å². The van der Waals surface area contributed by atoms with Crippen LogP contribution < -0.4 is 5.32 Å². The number of thiophene rings is 1. The average Bonchev–Trinajstić information content (AvgIpc) is 3.13. The smallest absolute Gasteiger partial charge is 0.250 e. The summed E-state index contributed by atoms with van der Waals surface area (Å²) in [5.41, 5.74) is 0. The Bertz CT molecular complexity index is 667. The lowest BCUT2D eigenvalue weighted by Gasteiger charge is -2.33. The Morgan fingerprint density at radius 2 is 2.45 bits per heavy atom. The molecule has 0 aromatic carbocycles. The van der Waals surface area contributed by atoms with Crippen LogP contribution in [0, 0.1) is 6.92 Å². The fourth-order valence-corrected chi connectivity index (χ4v) is 2.93. The molecule has 0 radical (unpaired) electrons. The molecule has 0 unspecified atom stereocenters. The third-order valence-corrected chi connectivity index (χ3v) is 4.15. The van der Waals surface area contributed by atoms with Gasteiger partial charge in [-0.15, -0.1) is 11.3 Å². The molecular formula is C14H15N3O4S. The van der Waals surface area contributed by atoms with Crippen molar-refractivity contribution < 1.29 is 18.8 Å². The first-order valence-electron chi connectivity index (χ1n) is 6.77. The van der Waals surface area contributed by atoms with Gasteiger partial charge in [0.15, 0.2) is 5.82 Å². The predicted molar refractivity (Wildman–Crippen MR) is 79.3 cm³/mol. The molecule has 1 atom stereocenters. The van der Waals surface area contributed by atoms with Crippen LogP contribution in [0.5, 0.6) is 0 Å². The average molecular weight is 321 g/mol. The van der Waals surface area contributed by atoms with Gasteiger partial charge in [-0.1, -0.05) is 11.2 Å². The van der Waals surface area contributed by atoms with Crippen molar-refractivity contribution in [2.24, 2.45) is 0 Å². The minimum absolute atomic E-state index is 0.00176. The van der Waals surface area contributed by atoms with E-state index in [-0.39, 0.29) is 25.0 Å². The van der Waals surface area contributed by atoms with Gasteiger partial charge in [-0.25, -0.2) is 0 Å². The Balaban J connectivity index is 1.73. The van der Waals surface area contributed by atoms with Crippen LogP contribution in [0.4, 0.5) is 5.82 Å². The van der Waals surface area contributed by atoms with Gasteiger partial charge in [-0.3, -0.25) is 9.59 Å². The van der Waals surface area contributed by atoms with Crippen LogP contribution in [0.2, 0.25) is 0 Å². The first kappa shape index (κ1) is 14.7. The Hall–Kier alpha value is -2.19. The van der Waals surface area contributed by atoms with Crippen LogP contribution in [-0.2, 0) is 20.9 Å².